The van der Waals surface area contributed by atoms with E-state index in [1.54, 1.807) is 24.8 Å². The molecule has 0 saturated carbocycles. The summed E-state index contributed by atoms with van der Waals surface area (Å²) in [5, 5.41) is 8.99. The van der Waals surface area contributed by atoms with Crippen LogP contribution in [0, 0.1) is 23.3 Å². The fourth-order valence-electron chi connectivity index (χ4n) is 9.64. The van der Waals surface area contributed by atoms with Crippen molar-refractivity contribution in [1.29, 1.82) is 0 Å². The largest absolute Gasteiger partial charge is 0.256 e. The summed E-state index contributed by atoms with van der Waals surface area (Å²) in [5.74, 6) is -2.79. The Morgan fingerprint density at radius 3 is 1.11 bits per heavy atom. The van der Waals surface area contributed by atoms with Gasteiger partial charge in [0, 0.05) is 53.0 Å². The number of aromatic nitrogens is 5. The van der Waals surface area contributed by atoms with E-state index in [0.717, 1.165) is 101 Å². The first kappa shape index (κ1) is 45.4. The van der Waals surface area contributed by atoms with Crippen molar-refractivity contribution in [2.75, 3.05) is 0 Å². The average Bonchev–Trinajstić information content (AvgIpc) is 4.15. The minimum Gasteiger partial charge on any atom is -0.256 e. The third-order valence-corrected chi connectivity index (χ3v) is 13.3. The number of halogens is 4. The minimum absolute atomic E-state index is 0.124. The molecule has 0 radical (unpaired) electrons. The molecule has 0 aliphatic heterocycles. The second-order valence-electron chi connectivity index (χ2n) is 17.9. The van der Waals surface area contributed by atoms with E-state index in [1.165, 1.54) is 44.8 Å². The monoisotopic (exact) mass is 967 g/mol. The summed E-state index contributed by atoms with van der Waals surface area (Å²) in [5.41, 5.74) is 17.2. The van der Waals surface area contributed by atoms with Crippen LogP contribution >= 0.6 is 0 Å². The molecule has 0 spiro atoms. The summed E-state index contributed by atoms with van der Waals surface area (Å²) >= 11 is 0. The van der Waals surface area contributed by atoms with E-state index in [4.69, 9.17) is 4.98 Å². The summed E-state index contributed by atoms with van der Waals surface area (Å²) < 4.78 is 60.7. The maximum Gasteiger partial charge on any atom is 0.151 e. The molecule has 0 aliphatic carbocycles. The van der Waals surface area contributed by atoms with Crippen molar-refractivity contribution >= 4 is 0 Å². The van der Waals surface area contributed by atoms with Crippen LogP contribution in [-0.2, 0) is 0 Å². The first-order chi connectivity index (χ1) is 36.3. The number of rotatable bonds is 11. The van der Waals surface area contributed by atoms with Crippen molar-refractivity contribution in [2.24, 2.45) is 0 Å². The standard InChI is InChI=1S/C65H41F4N5/c66-53-26-29-64(61(68)35-53)73-40-51(38-71-73)59-19-8-6-17-57(59)49-32-48(33-50(34-49)58-18-7-9-20-60(58)52-39-72-74(41-52)65-30-27-54(67)36-62(65)69)56-16-5-4-15-55(56)47-25-28-63(70-37-47)46-14-10-13-45(31-46)44-23-21-43(22-24-44)42-11-2-1-3-12-42/h1-41H. The van der Waals surface area contributed by atoms with Gasteiger partial charge in [-0.1, -0.05) is 152 Å². The highest BCUT2D eigenvalue weighted by Crippen LogP contribution is 2.43. The Kier molecular flexibility index (Phi) is 11.9. The molecule has 0 aliphatic rings. The van der Waals surface area contributed by atoms with E-state index in [1.807, 2.05) is 85.1 Å². The Labute approximate surface area is 424 Å². The lowest BCUT2D eigenvalue weighted by Gasteiger charge is -2.17. The smallest absolute Gasteiger partial charge is 0.151 e. The van der Waals surface area contributed by atoms with Crippen LogP contribution in [0.3, 0.4) is 0 Å². The lowest BCUT2D eigenvalue weighted by molar-refractivity contribution is 0.573. The Morgan fingerprint density at radius 1 is 0.270 bits per heavy atom. The van der Waals surface area contributed by atoms with Crippen LogP contribution in [0.1, 0.15) is 0 Å². The molecule has 9 heteroatoms. The summed E-state index contributed by atoms with van der Waals surface area (Å²) in [4.78, 5) is 5.04. The third kappa shape index (κ3) is 8.99. The molecule has 0 N–H and O–H groups in total. The van der Waals surface area contributed by atoms with Crippen molar-refractivity contribution in [3.05, 3.63) is 273 Å². The summed E-state index contributed by atoms with van der Waals surface area (Å²) in [6.07, 6.45) is 8.75. The van der Waals surface area contributed by atoms with Gasteiger partial charge in [0.05, 0.1) is 18.1 Å². The highest BCUT2D eigenvalue weighted by Gasteiger charge is 2.19. The van der Waals surface area contributed by atoms with Gasteiger partial charge >= 0.3 is 0 Å². The molecule has 354 valence electrons. The number of nitrogens with zero attached hydrogens (tertiary/aromatic N) is 5. The summed E-state index contributed by atoms with van der Waals surface area (Å²) in [6.45, 7) is 0. The van der Waals surface area contributed by atoms with Crippen molar-refractivity contribution in [3.63, 3.8) is 0 Å². The third-order valence-electron chi connectivity index (χ3n) is 13.3. The molecule has 0 bridgehead atoms. The van der Waals surface area contributed by atoms with Gasteiger partial charge in [0.15, 0.2) is 11.6 Å². The van der Waals surface area contributed by atoms with Gasteiger partial charge in [-0.25, -0.2) is 26.9 Å². The number of hydrogen-bond donors (Lipinski definition) is 0. The maximum absolute atomic E-state index is 15.0. The topological polar surface area (TPSA) is 48.5 Å². The SMILES string of the molecule is Fc1ccc(-n2cc(-c3ccccc3-c3cc(-c4ccccc4-c4ccc(-c5cccc(-c6ccc(-c7ccccc7)cc6)c5)nc4)cc(-c4ccccc4-c4cnn(-c5ccc(F)cc5F)c4)c3)cn2)c(F)c1. The van der Waals surface area contributed by atoms with Gasteiger partial charge in [0.1, 0.15) is 23.0 Å². The molecule has 12 aromatic rings. The van der Waals surface area contributed by atoms with E-state index < -0.39 is 23.3 Å². The predicted octanol–water partition coefficient (Wildman–Crippen LogP) is 17.0. The van der Waals surface area contributed by atoms with Gasteiger partial charge in [-0.15, -0.1) is 0 Å². The first-order valence-corrected chi connectivity index (χ1v) is 24.0. The molecule has 3 aromatic heterocycles. The predicted molar refractivity (Wildman–Crippen MR) is 287 cm³/mol. The molecule has 12 rings (SSSR count). The molecule has 0 unspecified atom stereocenters. The molecular formula is C65H41F4N5. The summed E-state index contributed by atoms with van der Waals surface area (Å²) in [6, 6.07) is 69.1. The van der Waals surface area contributed by atoms with Crippen molar-refractivity contribution in [1.82, 2.24) is 24.5 Å². The zero-order valence-electron chi connectivity index (χ0n) is 39.4. The van der Waals surface area contributed by atoms with Crippen LogP contribution in [0.2, 0.25) is 0 Å². The van der Waals surface area contributed by atoms with Crippen molar-refractivity contribution in [3.8, 4) is 112 Å². The van der Waals surface area contributed by atoms with Crippen LogP contribution in [0.5, 0.6) is 0 Å². The van der Waals surface area contributed by atoms with Crippen LogP contribution < -0.4 is 0 Å². The Morgan fingerprint density at radius 2 is 0.649 bits per heavy atom. The normalized spacial score (nSPS) is 11.2. The Bertz CT molecular complexity index is 3860. The van der Waals surface area contributed by atoms with Crippen LogP contribution in [0.25, 0.3) is 112 Å². The molecule has 3 heterocycles. The molecule has 0 fully saturated rings. The molecule has 5 nitrogen and oxygen atoms in total. The van der Waals surface area contributed by atoms with E-state index in [-0.39, 0.29) is 11.4 Å². The minimum atomic E-state index is -0.726. The molecular weight excluding hydrogens is 927 g/mol. The highest BCUT2D eigenvalue weighted by molar-refractivity contribution is 5.94. The van der Waals surface area contributed by atoms with Crippen LogP contribution in [0.15, 0.2) is 249 Å². The first-order valence-electron chi connectivity index (χ1n) is 24.0. The van der Waals surface area contributed by atoms with E-state index in [2.05, 4.69) is 113 Å². The van der Waals surface area contributed by atoms with Crippen molar-refractivity contribution in [2.45, 2.75) is 0 Å². The zero-order valence-corrected chi connectivity index (χ0v) is 39.4. The van der Waals surface area contributed by atoms with E-state index in [0.29, 0.717) is 0 Å². The number of pyridine rings is 1. The maximum atomic E-state index is 15.0. The molecule has 0 atom stereocenters. The lowest BCUT2D eigenvalue weighted by atomic mass is 9.87. The molecule has 74 heavy (non-hydrogen) atoms. The van der Waals surface area contributed by atoms with Gasteiger partial charge in [-0.3, -0.25) is 4.98 Å². The van der Waals surface area contributed by atoms with Crippen LogP contribution in [-0.4, -0.2) is 24.5 Å². The zero-order chi connectivity index (χ0) is 50.1. The van der Waals surface area contributed by atoms with Gasteiger partial charge in [0.25, 0.3) is 0 Å². The fraction of sp³-hybridized carbons (Fsp3) is 0. The van der Waals surface area contributed by atoms with E-state index >= 15 is 8.78 Å². The second-order valence-corrected chi connectivity index (χ2v) is 17.9. The fourth-order valence-corrected chi connectivity index (χ4v) is 9.64. The molecule has 0 amide bonds. The molecule has 9 aromatic carbocycles. The Hall–Kier alpha value is -9.73. The van der Waals surface area contributed by atoms with Crippen molar-refractivity contribution < 1.29 is 17.6 Å². The highest BCUT2D eigenvalue weighted by atomic mass is 19.1. The van der Waals surface area contributed by atoms with Gasteiger partial charge < -0.3 is 0 Å². The number of hydrogen-bond acceptors (Lipinski definition) is 3. The molecule has 0 saturated heterocycles. The second kappa shape index (κ2) is 19.5. The van der Waals surface area contributed by atoms with Gasteiger partial charge in [-0.2, -0.15) is 10.2 Å². The van der Waals surface area contributed by atoms with E-state index in [9.17, 15) is 8.78 Å². The quantitative estimate of drug-likeness (QED) is 0.121. The lowest BCUT2D eigenvalue weighted by Crippen LogP contribution is -1.98. The summed E-state index contributed by atoms with van der Waals surface area (Å²) in [7, 11) is 0. The average molecular weight is 968 g/mol. The van der Waals surface area contributed by atoms with Gasteiger partial charge in [-0.05, 0) is 127 Å². The van der Waals surface area contributed by atoms with Gasteiger partial charge in [0.2, 0.25) is 0 Å². The number of benzene rings is 9. The van der Waals surface area contributed by atoms with Crippen LogP contribution in [0.4, 0.5) is 17.6 Å². The Balaban J connectivity index is 0.944.